The normalized spacial score (nSPS) is 25.5. The van der Waals surface area contributed by atoms with Crippen molar-refractivity contribution in [2.75, 3.05) is 6.61 Å². The standard InChI is InChI=1S/C11H18N2O3S/c1-4-16-10(15)9(7(3)14)8-5-6(2)12-11(17)13-8/h6,8-9H,4-5H2,1-3H3,(H2,12,13,17). The van der Waals surface area contributed by atoms with Gasteiger partial charge in [-0.05, 0) is 39.4 Å². The van der Waals surface area contributed by atoms with Gasteiger partial charge in [-0.2, -0.15) is 0 Å². The van der Waals surface area contributed by atoms with Gasteiger partial charge < -0.3 is 15.4 Å². The summed E-state index contributed by atoms with van der Waals surface area (Å²) in [6, 6.07) is -0.139. The number of rotatable bonds is 4. The third-order valence-corrected chi connectivity index (χ3v) is 2.92. The van der Waals surface area contributed by atoms with Crippen LogP contribution in [0.1, 0.15) is 27.2 Å². The fraction of sp³-hybridized carbons (Fsp3) is 0.727. The second kappa shape index (κ2) is 5.95. The molecule has 3 atom stereocenters. The summed E-state index contributed by atoms with van der Waals surface area (Å²) in [6.45, 7) is 5.35. The van der Waals surface area contributed by atoms with E-state index in [-0.39, 0.29) is 24.5 Å². The van der Waals surface area contributed by atoms with Gasteiger partial charge >= 0.3 is 5.97 Å². The zero-order chi connectivity index (χ0) is 13.0. The van der Waals surface area contributed by atoms with E-state index in [0.29, 0.717) is 11.5 Å². The van der Waals surface area contributed by atoms with E-state index in [2.05, 4.69) is 10.6 Å². The Bertz CT molecular complexity index is 333. The van der Waals surface area contributed by atoms with Crippen molar-refractivity contribution >= 4 is 29.1 Å². The summed E-state index contributed by atoms with van der Waals surface area (Å²) in [7, 11) is 0. The van der Waals surface area contributed by atoms with Gasteiger partial charge in [-0.1, -0.05) is 0 Å². The van der Waals surface area contributed by atoms with Gasteiger partial charge in [0.05, 0.1) is 12.6 Å². The first kappa shape index (κ1) is 13.9. The second-order valence-corrected chi connectivity index (χ2v) is 4.61. The van der Waals surface area contributed by atoms with Crippen LogP contribution in [-0.4, -0.2) is 35.6 Å². The molecule has 0 saturated carbocycles. The lowest BCUT2D eigenvalue weighted by Crippen LogP contribution is -2.58. The third-order valence-electron chi connectivity index (χ3n) is 2.68. The number of carbonyl (C=O) groups is 2. The summed E-state index contributed by atoms with van der Waals surface area (Å²) in [5.74, 6) is -1.45. The van der Waals surface area contributed by atoms with Crippen LogP contribution >= 0.6 is 12.2 Å². The summed E-state index contributed by atoms with van der Waals surface area (Å²) in [4.78, 5) is 23.3. The van der Waals surface area contributed by atoms with Crippen LogP contribution in [0.25, 0.3) is 0 Å². The van der Waals surface area contributed by atoms with Crippen LogP contribution in [-0.2, 0) is 14.3 Å². The second-order valence-electron chi connectivity index (χ2n) is 4.20. The van der Waals surface area contributed by atoms with E-state index in [9.17, 15) is 9.59 Å². The first-order chi connectivity index (χ1) is 7.95. The third kappa shape index (κ3) is 3.66. The fourth-order valence-corrected chi connectivity index (χ4v) is 2.35. The molecular weight excluding hydrogens is 240 g/mol. The Morgan fingerprint density at radius 1 is 1.53 bits per heavy atom. The predicted molar refractivity (Wildman–Crippen MR) is 67.5 cm³/mol. The predicted octanol–water partition coefficient (Wildman–Crippen LogP) is 0.380. The molecule has 1 fully saturated rings. The van der Waals surface area contributed by atoms with Crippen molar-refractivity contribution in [2.24, 2.45) is 5.92 Å². The highest BCUT2D eigenvalue weighted by molar-refractivity contribution is 7.80. The van der Waals surface area contributed by atoms with Crippen LogP contribution in [0.2, 0.25) is 0 Å². The van der Waals surface area contributed by atoms with Gasteiger partial charge in [-0.25, -0.2) is 0 Å². The monoisotopic (exact) mass is 258 g/mol. The molecule has 0 aromatic heterocycles. The molecule has 17 heavy (non-hydrogen) atoms. The molecule has 0 aromatic rings. The van der Waals surface area contributed by atoms with Crippen molar-refractivity contribution in [2.45, 2.75) is 39.3 Å². The Morgan fingerprint density at radius 3 is 2.65 bits per heavy atom. The van der Waals surface area contributed by atoms with Crippen molar-refractivity contribution in [3.8, 4) is 0 Å². The number of thiocarbonyl (C=S) groups is 1. The van der Waals surface area contributed by atoms with Crippen LogP contribution in [0, 0.1) is 5.92 Å². The van der Waals surface area contributed by atoms with Crippen molar-refractivity contribution in [1.82, 2.24) is 10.6 Å². The van der Waals surface area contributed by atoms with E-state index >= 15 is 0 Å². The van der Waals surface area contributed by atoms with Gasteiger partial charge in [0, 0.05) is 6.04 Å². The molecule has 3 unspecified atom stereocenters. The molecule has 1 aliphatic rings. The quantitative estimate of drug-likeness (QED) is 0.432. The molecule has 96 valence electrons. The molecule has 1 saturated heterocycles. The zero-order valence-corrected chi connectivity index (χ0v) is 11.1. The van der Waals surface area contributed by atoms with Crippen molar-refractivity contribution in [3.63, 3.8) is 0 Å². The molecule has 0 radical (unpaired) electrons. The number of ketones is 1. The maximum absolute atomic E-state index is 11.8. The van der Waals surface area contributed by atoms with Crippen LogP contribution in [0.4, 0.5) is 0 Å². The Balaban J connectivity index is 2.79. The first-order valence-electron chi connectivity index (χ1n) is 5.69. The van der Waals surface area contributed by atoms with E-state index in [0.717, 1.165) is 0 Å². The lowest BCUT2D eigenvalue weighted by molar-refractivity contribution is -0.152. The molecule has 1 rings (SSSR count). The molecule has 0 aliphatic carbocycles. The van der Waals surface area contributed by atoms with E-state index in [1.165, 1.54) is 6.92 Å². The van der Waals surface area contributed by atoms with E-state index in [1.807, 2.05) is 6.92 Å². The Kier molecular flexibility index (Phi) is 4.86. The molecule has 2 N–H and O–H groups in total. The first-order valence-corrected chi connectivity index (χ1v) is 6.10. The van der Waals surface area contributed by atoms with E-state index < -0.39 is 11.9 Å². The molecule has 1 aliphatic heterocycles. The Morgan fingerprint density at radius 2 is 2.18 bits per heavy atom. The summed E-state index contributed by atoms with van der Waals surface area (Å²) in [5.41, 5.74) is 0. The SMILES string of the molecule is CCOC(=O)C(C(C)=O)C1CC(C)NC(=S)N1. The van der Waals surface area contributed by atoms with Gasteiger partial charge in [0.25, 0.3) is 0 Å². The van der Waals surface area contributed by atoms with Gasteiger partial charge in [0.2, 0.25) is 0 Å². The average molecular weight is 258 g/mol. The van der Waals surface area contributed by atoms with Crippen LogP contribution in [0.3, 0.4) is 0 Å². The average Bonchev–Trinajstić information content (AvgIpc) is 2.15. The Labute approximate surface area is 106 Å². The van der Waals surface area contributed by atoms with E-state index in [1.54, 1.807) is 6.92 Å². The minimum atomic E-state index is -0.780. The number of nitrogens with one attached hydrogen (secondary N) is 2. The van der Waals surface area contributed by atoms with Crippen LogP contribution in [0.5, 0.6) is 0 Å². The number of hydrogen-bond donors (Lipinski definition) is 2. The smallest absolute Gasteiger partial charge is 0.318 e. The zero-order valence-electron chi connectivity index (χ0n) is 10.3. The molecule has 5 nitrogen and oxygen atoms in total. The topological polar surface area (TPSA) is 67.4 Å². The summed E-state index contributed by atoms with van der Waals surface area (Å²) in [5, 5.41) is 6.47. The van der Waals surface area contributed by atoms with Crippen molar-refractivity contribution in [1.29, 1.82) is 0 Å². The van der Waals surface area contributed by atoms with Crippen LogP contribution < -0.4 is 10.6 Å². The highest BCUT2D eigenvalue weighted by atomic mass is 32.1. The maximum atomic E-state index is 11.8. The number of carbonyl (C=O) groups excluding carboxylic acids is 2. The maximum Gasteiger partial charge on any atom is 0.318 e. The number of hydrogen-bond acceptors (Lipinski definition) is 4. The number of ether oxygens (including phenoxy) is 1. The molecule has 1 heterocycles. The molecular formula is C11H18N2O3S. The number of esters is 1. The van der Waals surface area contributed by atoms with Crippen molar-refractivity contribution in [3.05, 3.63) is 0 Å². The highest BCUT2D eigenvalue weighted by Gasteiger charge is 2.37. The fourth-order valence-electron chi connectivity index (χ4n) is 2.00. The molecule has 0 aromatic carbocycles. The van der Waals surface area contributed by atoms with Gasteiger partial charge in [-0.15, -0.1) is 0 Å². The summed E-state index contributed by atoms with van der Waals surface area (Å²) >= 11 is 5.03. The van der Waals surface area contributed by atoms with Gasteiger partial charge in [-0.3, -0.25) is 9.59 Å². The summed E-state index contributed by atoms with van der Waals surface area (Å²) < 4.78 is 4.93. The molecule has 0 bridgehead atoms. The molecule has 0 amide bonds. The van der Waals surface area contributed by atoms with Gasteiger partial charge in [0.15, 0.2) is 5.11 Å². The lowest BCUT2D eigenvalue weighted by atomic mass is 9.90. The summed E-state index contributed by atoms with van der Waals surface area (Å²) in [6.07, 6.45) is 0.656. The largest absolute Gasteiger partial charge is 0.465 e. The highest BCUT2D eigenvalue weighted by Crippen LogP contribution is 2.16. The van der Waals surface area contributed by atoms with E-state index in [4.69, 9.17) is 17.0 Å². The lowest BCUT2D eigenvalue weighted by Gasteiger charge is -2.34. The van der Waals surface area contributed by atoms with Crippen LogP contribution in [0.15, 0.2) is 0 Å². The van der Waals surface area contributed by atoms with Crippen molar-refractivity contribution < 1.29 is 14.3 Å². The Hall–Kier alpha value is -1.17. The molecule has 6 heteroatoms. The molecule has 0 spiro atoms. The minimum Gasteiger partial charge on any atom is -0.465 e. The number of Topliss-reactive ketones (excluding diaryl/α,β-unsaturated/α-hetero) is 1. The van der Waals surface area contributed by atoms with Gasteiger partial charge in [0.1, 0.15) is 11.7 Å². The minimum absolute atomic E-state index is 0.144.